The van der Waals surface area contributed by atoms with Gasteiger partial charge < -0.3 is 14.6 Å². The van der Waals surface area contributed by atoms with Crippen molar-refractivity contribution in [3.05, 3.63) is 0 Å². The predicted molar refractivity (Wildman–Crippen MR) is 46.2 cm³/mol. The van der Waals surface area contributed by atoms with Gasteiger partial charge in [0.1, 0.15) is 12.7 Å². The molecule has 1 heterocycles. The van der Waals surface area contributed by atoms with Crippen LogP contribution >= 0.6 is 0 Å². The molecule has 4 heteroatoms. The van der Waals surface area contributed by atoms with Gasteiger partial charge in [-0.05, 0) is 20.3 Å². The van der Waals surface area contributed by atoms with Crippen LogP contribution in [0.3, 0.4) is 0 Å². The fourth-order valence-electron chi connectivity index (χ4n) is 1.50. The number of hydrogen-bond donors (Lipinski definition) is 1. The Labute approximate surface area is 77.8 Å². The van der Waals surface area contributed by atoms with Gasteiger partial charge in [0.25, 0.3) is 0 Å². The number of carbonyl (C=O) groups is 1. The minimum Gasteiger partial charge on any atom is -0.388 e. The highest BCUT2D eigenvalue weighted by molar-refractivity contribution is 5.84. The topological polar surface area (TPSA) is 55.8 Å². The molecule has 76 valence electrons. The van der Waals surface area contributed by atoms with Crippen LogP contribution in [0.25, 0.3) is 0 Å². The number of aliphatic hydroxyl groups excluding tert-OH is 1. The van der Waals surface area contributed by atoms with Crippen LogP contribution in [-0.2, 0) is 14.3 Å². The number of ether oxygens (including phenoxy) is 2. The summed E-state index contributed by atoms with van der Waals surface area (Å²) in [6, 6.07) is 0. The molecular formula is C9H16O4. The maximum atomic E-state index is 11.2. The SMILES string of the molecule is CC[C@H]1OC(C)(C)O[C@@H]1C(=O)CO. The van der Waals surface area contributed by atoms with E-state index in [0.717, 1.165) is 0 Å². The third-order valence-corrected chi connectivity index (χ3v) is 2.06. The molecule has 0 amide bonds. The van der Waals surface area contributed by atoms with E-state index in [0.29, 0.717) is 6.42 Å². The van der Waals surface area contributed by atoms with Crippen LogP contribution in [0.1, 0.15) is 27.2 Å². The van der Waals surface area contributed by atoms with E-state index >= 15 is 0 Å². The Bertz CT molecular complexity index is 200. The lowest BCUT2D eigenvalue weighted by Gasteiger charge is -2.16. The van der Waals surface area contributed by atoms with Crippen molar-refractivity contribution in [2.24, 2.45) is 0 Å². The maximum absolute atomic E-state index is 11.2. The van der Waals surface area contributed by atoms with Gasteiger partial charge in [0.05, 0.1) is 6.10 Å². The van der Waals surface area contributed by atoms with Gasteiger partial charge >= 0.3 is 0 Å². The second-order valence-electron chi connectivity index (χ2n) is 3.63. The number of carbonyl (C=O) groups excluding carboxylic acids is 1. The summed E-state index contributed by atoms with van der Waals surface area (Å²) in [6.07, 6.45) is -0.125. The van der Waals surface area contributed by atoms with Crippen LogP contribution in [0.2, 0.25) is 0 Å². The molecule has 1 fully saturated rings. The van der Waals surface area contributed by atoms with E-state index in [4.69, 9.17) is 14.6 Å². The first-order valence-electron chi connectivity index (χ1n) is 4.49. The molecule has 0 aliphatic carbocycles. The highest BCUT2D eigenvalue weighted by atomic mass is 16.8. The molecule has 0 aromatic heterocycles. The third kappa shape index (κ3) is 2.27. The Morgan fingerprint density at radius 1 is 1.46 bits per heavy atom. The van der Waals surface area contributed by atoms with E-state index in [1.807, 2.05) is 6.92 Å². The second kappa shape index (κ2) is 3.74. The van der Waals surface area contributed by atoms with E-state index < -0.39 is 18.5 Å². The predicted octanol–water partition coefficient (Wildman–Crippen LogP) is 0.478. The van der Waals surface area contributed by atoms with Crippen molar-refractivity contribution in [1.29, 1.82) is 0 Å². The van der Waals surface area contributed by atoms with Crippen LogP contribution in [-0.4, -0.2) is 35.5 Å². The Kier molecular flexibility index (Phi) is 3.05. The minimum atomic E-state index is -0.712. The first-order chi connectivity index (χ1) is 6.00. The molecule has 2 atom stereocenters. The monoisotopic (exact) mass is 188 g/mol. The fraction of sp³-hybridized carbons (Fsp3) is 0.889. The summed E-state index contributed by atoms with van der Waals surface area (Å²) in [5.41, 5.74) is 0. The van der Waals surface area contributed by atoms with E-state index in [-0.39, 0.29) is 11.9 Å². The Balaban J connectivity index is 2.69. The first-order valence-corrected chi connectivity index (χ1v) is 4.49. The van der Waals surface area contributed by atoms with Crippen LogP contribution in [0.5, 0.6) is 0 Å². The van der Waals surface area contributed by atoms with Crippen molar-refractivity contribution >= 4 is 5.78 Å². The molecule has 1 N–H and O–H groups in total. The van der Waals surface area contributed by atoms with Crippen LogP contribution in [0.4, 0.5) is 0 Å². The molecule has 1 saturated heterocycles. The Hall–Kier alpha value is -0.450. The first kappa shape index (κ1) is 10.6. The number of rotatable bonds is 3. The van der Waals surface area contributed by atoms with Gasteiger partial charge in [-0.3, -0.25) is 4.79 Å². The van der Waals surface area contributed by atoms with Crippen molar-refractivity contribution in [1.82, 2.24) is 0 Å². The maximum Gasteiger partial charge on any atom is 0.189 e. The van der Waals surface area contributed by atoms with Crippen molar-refractivity contribution in [3.8, 4) is 0 Å². The van der Waals surface area contributed by atoms with Gasteiger partial charge in [-0.25, -0.2) is 0 Å². The lowest BCUT2D eigenvalue weighted by atomic mass is 10.1. The van der Waals surface area contributed by atoms with Gasteiger partial charge in [-0.15, -0.1) is 0 Å². The summed E-state index contributed by atoms with van der Waals surface area (Å²) in [5.74, 6) is -1.02. The van der Waals surface area contributed by atoms with Gasteiger partial charge in [-0.2, -0.15) is 0 Å². The zero-order valence-electron chi connectivity index (χ0n) is 8.24. The van der Waals surface area contributed by atoms with Crippen LogP contribution in [0, 0.1) is 0 Å². The van der Waals surface area contributed by atoms with Gasteiger partial charge in [0, 0.05) is 0 Å². The van der Waals surface area contributed by atoms with E-state index in [1.54, 1.807) is 13.8 Å². The molecular weight excluding hydrogens is 172 g/mol. The molecule has 0 radical (unpaired) electrons. The van der Waals surface area contributed by atoms with E-state index in [1.165, 1.54) is 0 Å². The summed E-state index contributed by atoms with van der Waals surface area (Å²) < 4.78 is 10.9. The molecule has 0 unspecified atom stereocenters. The van der Waals surface area contributed by atoms with Crippen LogP contribution < -0.4 is 0 Å². The lowest BCUT2D eigenvalue weighted by Crippen LogP contribution is -2.33. The Morgan fingerprint density at radius 3 is 2.54 bits per heavy atom. The van der Waals surface area contributed by atoms with Crippen molar-refractivity contribution in [2.45, 2.75) is 45.2 Å². The number of hydrogen-bond acceptors (Lipinski definition) is 4. The average Bonchev–Trinajstić information content (AvgIpc) is 2.39. The summed E-state index contributed by atoms with van der Waals surface area (Å²) in [6.45, 7) is 4.97. The summed E-state index contributed by atoms with van der Waals surface area (Å²) in [5, 5.41) is 8.69. The Morgan fingerprint density at radius 2 is 2.08 bits per heavy atom. The summed E-state index contributed by atoms with van der Waals surface area (Å²) in [4.78, 5) is 11.2. The minimum absolute atomic E-state index is 0.227. The summed E-state index contributed by atoms with van der Waals surface area (Å²) in [7, 11) is 0. The highest BCUT2D eigenvalue weighted by Crippen LogP contribution is 2.29. The van der Waals surface area contributed by atoms with Gasteiger partial charge in [-0.1, -0.05) is 6.92 Å². The molecule has 1 aliphatic rings. The second-order valence-corrected chi connectivity index (χ2v) is 3.63. The molecule has 0 aromatic rings. The zero-order chi connectivity index (χ0) is 10.1. The third-order valence-electron chi connectivity index (χ3n) is 2.06. The quantitative estimate of drug-likeness (QED) is 0.699. The lowest BCUT2D eigenvalue weighted by molar-refractivity contribution is -0.156. The highest BCUT2D eigenvalue weighted by Gasteiger charge is 2.43. The molecule has 0 spiro atoms. The summed E-state index contributed by atoms with van der Waals surface area (Å²) >= 11 is 0. The molecule has 0 bridgehead atoms. The zero-order valence-corrected chi connectivity index (χ0v) is 8.24. The van der Waals surface area contributed by atoms with Crippen molar-refractivity contribution in [2.75, 3.05) is 6.61 Å². The molecule has 1 aliphatic heterocycles. The van der Waals surface area contributed by atoms with E-state index in [2.05, 4.69) is 0 Å². The number of aliphatic hydroxyl groups is 1. The van der Waals surface area contributed by atoms with E-state index in [9.17, 15) is 4.79 Å². The molecule has 13 heavy (non-hydrogen) atoms. The average molecular weight is 188 g/mol. The number of ketones is 1. The standard InChI is InChI=1S/C9H16O4/c1-4-7-8(6(11)5-10)13-9(2,3)12-7/h7-8,10H,4-5H2,1-3H3/t7-,8-/m1/s1. The molecule has 0 aromatic carbocycles. The smallest absolute Gasteiger partial charge is 0.189 e. The molecule has 0 saturated carbocycles. The fourth-order valence-corrected chi connectivity index (χ4v) is 1.50. The van der Waals surface area contributed by atoms with Crippen molar-refractivity contribution < 1.29 is 19.4 Å². The number of Topliss-reactive ketones (excluding diaryl/α,β-unsaturated/α-hetero) is 1. The normalized spacial score (nSPS) is 32.0. The van der Waals surface area contributed by atoms with Crippen LogP contribution in [0.15, 0.2) is 0 Å². The van der Waals surface area contributed by atoms with Crippen molar-refractivity contribution in [3.63, 3.8) is 0 Å². The largest absolute Gasteiger partial charge is 0.388 e. The van der Waals surface area contributed by atoms with Gasteiger partial charge in [0.15, 0.2) is 11.6 Å². The van der Waals surface area contributed by atoms with Gasteiger partial charge in [0.2, 0.25) is 0 Å². The molecule has 1 rings (SSSR count). The molecule has 4 nitrogen and oxygen atoms in total.